The highest BCUT2D eigenvalue weighted by Gasteiger charge is 2.33. The molecular weight excluding hydrogens is 739 g/mol. The van der Waals surface area contributed by atoms with Crippen LogP contribution in [0.15, 0.2) is 42.5 Å². The highest BCUT2D eigenvalue weighted by Crippen LogP contribution is 2.38. The van der Waals surface area contributed by atoms with Gasteiger partial charge >= 0.3 is 18.3 Å². The molecule has 2 aromatic carbocycles. The zero-order valence-electron chi connectivity index (χ0n) is 32.0. The van der Waals surface area contributed by atoms with Crippen LogP contribution in [0.4, 0.5) is 35.5 Å². The van der Waals surface area contributed by atoms with E-state index >= 15 is 0 Å². The first-order valence-corrected chi connectivity index (χ1v) is 19.1. The van der Waals surface area contributed by atoms with Gasteiger partial charge in [0.15, 0.2) is 6.61 Å². The Kier molecular flexibility index (Phi) is 13.9. The molecule has 300 valence electrons. The second-order valence-electron chi connectivity index (χ2n) is 15.6. The van der Waals surface area contributed by atoms with E-state index in [-0.39, 0.29) is 43.6 Å². The third-order valence-electron chi connectivity index (χ3n) is 9.85. The number of alkyl halides is 3. The van der Waals surface area contributed by atoms with E-state index < -0.39 is 24.2 Å². The van der Waals surface area contributed by atoms with Gasteiger partial charge in [0.25, 0.3) is 5.91 Å². The van der Waals surface area contributed by atoms with Crippen molar-refractivity contribution in [2.75, 3.05) is 50.1 Å². The minimum atomic E-state index is -4.60. The monoisotopic (exact) mass is 789 g/mol. The molecule has 1 aliphatic carbocycles. The van der Waals surface area contributed by atoms with Crippen molar-refractivity contribution in [1.82, 2.24) is 25.2 Å². The van der Waals surface area contributed by atoms with Crippen molar-refractivity contribution in [3.05, 3.63) is 58.6 Å². The Hall–Kier alpha value is -4.53. The van der Waals surface area contributed by atoms with E-state index in [4.69, 9.17) is 25.8 Å². The molecule has 2 amide bonds. The fourth-order valence-electron chi connectivity index (χ4n) is 7.02. The SMILES string of the molecule is CC(C)[C@@H]1CC[C@@H](C)CC1COC(=O)N1CCCOc2ccc(cc2Cl)CNc2nc(nc(OCC(F)(F)F)n2)Nc2ccc(cc2)C(=O)NCC(C)(C)C1. The molecule has 3 atom stereocenters. The van der Waals surface area contributed by atoms with Gasteiger partial charge in [-0.15, -0.1) is 0 Å². The van der Waals surface area contributed by atoms with E-state index in [0.29, 0.717) is 71.8 Å². The van der Waals surface area contributed by atoms with Crippen molar-refractivity contribution < 1.29 is 37.0 Å². The predicted octanol–water partition coefficient (Wildman–Crippen LogP) is 8.51. The Balaban J connectivity index is 1.34. The normalized spacial score (nSPS) is 21.1. The second kappa shape index (κ2) is 18.4. The largest absolute Gasteiger partial charge is 0.492 e. The minimum absolute atomic E-state index is 0.0460. The van der Waals surface area contributed by atoms with Crippen LogP contribution in [0.5, 0.6) is 11.8 Å². The van der Waals surface area contributed by atoms with Crippen molar-refractivity contribution in [3.63, 3.8) is 0 Å². The summed E-state index contributed by atoms with van der Waals surface area (Å²) in [6.07, 6.45) is -1.13. The van der Waals surface area contributed by atoms with Gasteiger partial charge in [-0.25, -0.2) is 4.79 Å². The van der Waals surface area contributed by atoms with Gasteiger partial charge in [-0.05, 0) is 90.3 Å². The molecule has 1 saturated carbocycles. The van der Waals surface area contributed by atoms with E-state index in [1.807, 2.05) is 13.8 Å². The summed E-state index contributed by atoms with van der Waals surface area (Å²) in [7, 11) is 0. The molecule has 0 radical (unpaired) electrons. The number of ether oxygens (including phenoxy) is 3. The molecule has 3 N–H and O–H groups in total. The molecular formula is C39H51ClF3N7O5. The van der Waals surface area contributed by atoms with E-state index in [1.165, 1.54) is 6.42 Å². The molecule has 8 rings (SSSR count). The standard InChI is InChI=1S/C39H51ClF3N7O5/c1-24(2)30-13-7-25(3)17-28(30)20-54-37(52)50-15-6-16-53-32-14-8-26(18-31(32)40)19-44-34-47-35(49-36(48-34)55-23-39(41,42)43)46-29-11-9-27(10-12-29)33(51)45-21-38(4,5)22-50/h8-12,14,18,24-25,28,30H,6-7,13,15-17,19-23H2,1-5H3,(H,45,51)(H2,44,46,47,48,49)/t25-,28?,30+/m1/s1. The van der Waals surface area contributed by atoms with Gasteiger partial charge in [-0.3, -0.25) is 4.79 Å². The van der Waals surface area contributed by atoms with Crippen LogP contribution < -0.4 is 25.4 Å². The third kappa shape index (κ3) is 12.8. The number of carbonyl (C=O) groups is 2. The van der Waals surface area contributed by atoms with Crippen molar-refractivity contribution in [2.45, 2.75) is 73.0 Å². The number of halogens is 4. The quantitative estimate of drug-likeness (QED) is 0.231. The first-order valence-electron chi connectivity index (χ1n) is 18.7. The highest BCUT2D eigenvalue weighted by molar-refractivity contribution is 6.32. The molecule has 3 aromatic rings. The number of hydrogen-bond acceptors (Lipinski definition) is 10. The third-order valence-corrected chi connectivity index (χ3v) is 10.1. The lowest BCUT2D eigenvalue weighted by Gasteiger charge is -2.38. The summed E-state index contributed by atoms with van der Waals surface area (Å²) in [5.74, 6) is 1.92. The molecule has 4 aliphatic heterocycles. The number of benzene rings is 2. The van der Waals surface area contributed by atoms with Gasteiger partial charge in [0.2, 0.25) is 11.9 Å². The molecule has 5 heterocycles. The van der Waals surface area contributed by atoms with Crippen LogP contribution in [0.2, 0.25) is 5.02 Å². The van der Waals surface area contributed by atoms with Crippen LogP contribution in [0.3, 0.4) is 0 Å². The average Bonchev–Trinajstić information content (AvgIpc) is 3.12. The van der Waals surface area contributed by atoms with Gasteiger partial charge in [0.1, 0.15) is 5.75 Å². The van der Waals surface area contributed by atoms with Crippen LogP contribution in [0.1, 0.15) is 76.2 Å². The lowest BCUT2D eigenvalue weighted by Crippen LogP contribution is -2.45. The lowest BCUT2D eigenvalue weighted by molar-refractivity contribution is -0.154. The van der Waals surface area contributed by atoms with Crippen LogP contribution in [-0.4, -0.2) is 77.5 Å². The van der Waals surface area contributed by atoms with E-state index in [1.54, 1.807) is 47.4 Å². The smallest absolute Gasteiger partial charge is 0.422 e. The van der Waals surface area contributed by atoms with Gasteiger partial charge < -0.3 is 35.1 Å². The number of nitrogens with one attached hydrogen (secondary N) is 3. The van der Waals surface area contributed by atoms with Crippen LogP contribution in [-0.2, 0) is 11.3 Å². The summed E-state index contributed by atoms with van der Waals surface area (Å²) >= 11 is 6.58. The van der Waals surface area contributed by atoms with Crippen LogP contribution in [0.25, 0.3) is 0 Å². The van der Waals surface area contributed by atoms with E-state index in [2.05, 4.69) is 51.7 Å². The fourth-order valence-corrected chi connectivity index (χ4v) is 7.27. The number of amides is 2. The maximum Gasteiger partial charge on any atom is 0.422 e. The molecule has 1 aromatic heterocycles. The van der Waals surface area contributed by atoms with Crippen molar-refractivity contribution in [3.8, 4) is 11.8 Å². The number of rotatable bonds is 5. The Bertz CT molecular complexity index is 1760. The van der Waals surface area contributed by atoms with Crippen molar-refractivity contribution >= 4 is 41.2 Å². The molecule has 5 aliphatic rings. The first kappa shape index (κ1) is 41.6. The van der Waals surface area contributed by atoms with Crippen molar-refractivity contribution in [2.24, 2.45) is 29.1 Å². The topological polar surface area (TPSA) is 140 Å². The number of anilines is 3. The van der Waals surface area contributed by atoms with Gasteiger partial charge in [-0.2, -0.15) is 28.1 Å². The van der Waals surface area contributed by atoms with Crippen LogP contribution in [0, 0.1) is 29.1 Å². The van der Waals surface area contributed by atoms with Gasteiger partial charge in [0.05, 0.1) is 18.2 Å². The molecule has 55 heavy (non-hydrogen) atoms. The van der Waals surface area contributed by atoms with Crippen molar-refractivity contribution in [1.29, 1.82) is 0 Å². The first-order chi connectivity index (χ1) is 26.0. The number of hydrogen-bond donors (Lipinski definition) is 3. The second-order valence-corrected chi connectivity index (χ2v) is 16.0. The molecule has 12 nitrogen and oxygen atoms in total. The summed E-state index contributed by atoms with van der Waals surface area (Å²) in [5.41, 5.74) is 1.03. The maximum atomic E-state index is 13.7. The van der Waals surface area contributed by atoms with E-state index in [9.17, 15) is 22.8 Å². The Morgan fingerprint density at radius 2 is 1.82 bits per heavy atom. The summed E-state index contributed by atoms with van der Waals surface area (Å²) in [4.78, 5) is 40.9. The number of carbonyl (C=O) groups excluding carboxylic acids is 2. The maximum absolute atomic E-state index is 13.7. The van der Waals surface area contributed by atoms with Crippen LogP contribution >= 0.6 is 11.6 Å². The van der Waals surface area contributed by atoms with Gasteiger partial charge in [0, 0.05) is 37.4 Å². The summed E-state index contributed by atoms with van der Waals surface area (Å²) < 4.78 is 55.6. The summed E-state index contributed by atoms with van der Waals surface area (Å²) in [6, 6.07) is 11.1. The summed E-state index contributed by atoms with van der Waals surface area (Å²) in [5, 5.41) is 9.23. The van der Waals surface area contributed by atoms with Gasteiger partial charge in [-0.1, -0.05) is 58.7 Å². The Morgan fingerprint density at radius 3 is 2.53 bits per heavy atom. The molecule has 0 spiro atoms. The lowest BCUT2D eigenvalue weighted by atomic mass is 9.70. The van der Waals surface area contributed by atoms with E-state index in [0.717, 1.165) is 18.4 Å². The molecule has 0 saturated heterocycles. The summed E-state index contributed by atoms with van der Waals surface area (Å²) in [6.45, 7) is 10.9. The number of aromatic nitrogens is 3. The highest BCUT2D eigenvalue weighted by atomic mass is 35.5. The molecule has 6 bridgehead atoms. The zero-order chi connectivity index (χ0) is 39.8. The Morgan fingerprint density at radius 1 is 1.07 bits per heavy atom. The molecule has 1 unspecified atom stereocenters. The Labute approximate surface area is 325 Å². The number of nitrogens with zero attached hydrogens (tertiary/aromatic N) is 4. The molecule has 16 heteroatoms. The fraction of sp³-hybridized carbons (Fsp3) is 0.564. The average molecular weight is 790 g/mol. The molecule has 1 fully saturated rings. The minimum Gasteiger partial charge on any atom is -0.492 e. The zero-order valence-corrected chi connectivity index (χ0v) is 32.7. The predicted molar refractivity (Wildman–Crippen MR) is 204 cm³/mol.